The fourth-order valence-electron chi connectivity index (χ4n) is 2.80. The van der Waals surface area contributed by atoms with Crippen LogP contribution in [0.15, 0.2) is 46.9 Å². The molecular formula is C18H17BrO3. The van der Waals surface area contributed by atoms with Crippen LogP contribution in [0.1, 0.15) is 29.2 Å². The van der Waals surface area contributed by atoms with Gasteiger partial charge in [-0.1, -0.05) is 40.2 Å². The normalized spacial score (nSPS) is 16.2. The van der Waals surface area contributed by atoms with Gasteiger partial charge < -0.3 is 9.47 Å². The summed E-state index contributed by atoms with van der Waals surface area (Å²) in [5.74, 6) is 0.497. The standard InChI is InChI=1S/C18H17BrO3/c1-21-18(20)10-13-4-2-3-5-16(13)22-17-9-7-12-6-8-14(19)11-15(12)17/h2-6,8,11,17H,7,9-10H2,1H3/t17-/m1/s1. The maximum absolute atomic E-state index is 11.5. The highest BCUT2D eigenvalue weighted by molar-refractivity contribution is 9.10. The molecule has 0 heterocycles. The van der Waals surface area contributed by atoms with Crippen molar-refractivity contribution in [3.8, 4) is 5.75 Å². The zero-order valence-corrected chi connectivity index (χ0v) is 13.9. The summed E-state index contributed by atoms with van der Waals surface area (Å²) in [5, 5.41) is 0. The Kier molecular flexibility index (Phi) is 4.48. The smallest absolute Gasteiger partial charge is 0.310 e. The van der Waals surface area contributed by atoms with Gasteiger partial charge in [-0.3, -0.25) is 4.79 Å². The molecule has 0 amide bonds. The molecule has 2 aromatic carbocycles. The van der Waals surface area contributed by atoms with Gasteiger partial charge in [0.15, 0.2) is 0 Å². The first-order valence-corrected chi connectivity index (χ1v) is 8.06. The molecule has 2 aromatic rings. The average molecular weight is 361 g/mol. The molecule has 0 saturated carbocycles. The first-order valence-electron chi connectivity index (χ1n) is 7.27. The van der Waals surface area contributed by atoms with E-state index in [-0.39, 0.29) is 18.5 Å². The van der Waals surface area contributed by atoms with Crippen molar-refractivity contribution in [3.05, 3.63) is 63.6 Å². The Hall–Kier alpha value is -1.81. The maximum atomic E-state index is 11.5. The Balaban J connectivity index is 1.83. The van der Waals surface area contributed by atoms with E-state index in [1.165, 1.54) is 18.2 Å². The van der Waals surface area contributed by atoms with Gasteiger partial charge in [0.05, 0.1) is 13.5 Å². The van der Waals surface area contributed by atoms with Crippen molar-refractivity contribution in [2.24, 2.45) is 0 Å². The molecule has 0 aromatic heterocycles. The summed E-state index contributed by atoms with van der Waals surface area (Å²) in [6, 6.07) is 14.0. The fourth-order valence-corrected chi connectivity index (χ4v) is 3.18. The van der Waals surface area contributed by atoms with Gasteiger partial charge in [0.2, 0.25) is 0 Å². The molecule has 0 aliphatic heterocycles. The Morgan fingerprint density at radius 3 is 2.91 bits per heavy atom. The molecule has 4 heteroatoms. The molecule has 0 saturated heterocycles. The first kappa shape index (κ1) is 15.1. The van der Waals surface area contributed by atoms with E-state index in [4.69, 9.17) is 9.47 Å². The fraction of sp³-hybridized carbons (Fsp3) is 0.278. The molecular weight excluding hydrogens is 344 g/mol. The highest BCUT2D eigenvalue weighted by atomic mass is 79.9. The van der Waals surface area contributed by atoms with Crippen molar-refractivity contribution in [1.82, 2.24) is 0 Å². The number of para-hydroxylation sites is 1. The third kappa shape index (κ3) is 3.17. The zero-order chi connectivity index (χ0) is 15.5. The van der Waals surface area contributed by atoms with E-state index < -0.39 is 0 Å². The summed E-state index contributed by atoms with van der Waals surface area (Å²) in [5.41, 5.74) is 3.42. The predicted octanol–water partition coefficient (Wildman–Crippen LogP) is 4.23. The second-order valence-corrected chi connectivity index (χ2v) is 6.26. The van der Waals surface area contributed by atoms with Crippen LogP contribution in [-0.2, 0) is 22.4 Å². The largest absolute Gasteiger partial charge is 0.485 e. The van der Waals surface area contributed by atoms with E-state index in [1.807, 2.05) is 24.3 Å². The van der Waals surface area contributed by atoms with Gasteiger partial charge in [0.1, 0.15) is 11.9 Å². The number of ether oxygens (including phenoxy) is 2. The number of hydrogen-bond acceptors (Lipinski definition) is 3. The van der Waals surface area contributed by atoms with Crippen LogP contribution in [0.5, 0.6) is 5.75 Å². The second kappa shape index (κ2) is 6.53. The van der Waals surface area contributed by atoms with Gasteiger partial charge in [-0.15, -0.1) is 0 Å². The van der Waals surface area contributed by atoms with Gasteiger partial charge in [-0.25, -0.2) is 0 Å². The lowest BCUT2D eigenvalue weighted by Gasteiger charge is -2.17. The number of methoxy groups -OCH3 is 1. The van der Waals surface area contributed by atoms with Crippen molar-refractivity contribution < 1.29 is 14.3 Å². The lowest BCUT2D eigenvalue weighted by Crippen LogP contribution is -2.09. The quantitative estimate of drug-likeness (QED) is 0.765. The summed E-state index contributed by atoms with van der Waals surface area (Å²) in [7, 11) is 1.40. The van der Waals surface area contributed by atoms with Crippen LogP contribution >= 0.6 is 15.9 Å². The molecule has 0 spiro atoms. The lowest BCUT2D eigenvalue weighted by atomic mass is 10.1. The van der Waals surface area contributed by atoms with Gasteiger partial charge in [0, 0.05) is 10.0 Å². The Bertz CT molecular complexity index is 696. The molecule has 0 radical (unpaired) electrons. The first-order chi connectivity index (χ1) is 10.7. The summed E-state index contributed by atoms with van der Waals surface area (Å²) in [6.45, 7) is 0. The number of aryl methyl sites for hydroxylation is 1. The molecule has 22 heavy (non-hydrogen) atoms. The minimum Gasteiger partial charge on any atom is -0.485 e. The number of fused-ring (bicyclic) bond motifs is 1. The third-order valence-electron chi connectivity index (χ3n) is 3.93. The van der Waals surface area contributed by atoms with Crippen molar-refractivity contribution in [2.75, 3.05) is 7.11 Å². The topological polar surface area (TPSA) is 35.5 Å². The van der Waals surface area contributed by atoms with Gasteiger partial charge in [-0.2, -0.15) is 0 Å². The maximum Gasteiger partial charge on any atom is 0.310 e. The van der Waals surface area contributed by atoms with Crippen LogP contribution < -0.4 is 4.74 Å². The van der Waals surface area contributed by atoms with Crippen molar-refractivity contribution in [2.45, 2.75) is 25.4 Å². The van der Waals surface area contributed by atoms with Crippen LogP contribution in [0.3, 0.4) is 0 Å². The van der Waals surface area contributed by atoms with E-state index >= 15 is 0 Å². The summed E-state index contributed by atoms with van der Waals surface area (Å²) in [6.07, 6.45) is 2.24. The SMILES string of the molecule is COC(=O)Cc1ccccc1O[C@@H]1CCc2ccc(Br)cc21. The molecule has 0 unspecified atom stereocenters. The molecule has 1 aliphatic carbocycles. The molecule has 3 rings (SSSR count). The Morgan fingerprint density at radius 2 is 2.09 bits per heavy atom. The van der Waals surface area contributed by atoms with E-state index in [1.54, 1.807) is 0 Å². The molecule has 3 nitrogen and oxygen atoms in total. The number of carbonyl (C=O) groups excluding carboxylic acids is 1. The van der Waals surface area contributed by atoms with E-state index in [0.29, 0.717) is 0 Å². The number of halogens is 1. The number of esters is 1. The Labute approximate surface area is 138 Å². The summed E-state index contributed by atoms with van der Waals surface area (Å²) >= 11 is 3.52. The number of benzene rings is 2. The van der Waals surface area contributed by atoms with Crippen molar-refractivity contribution in [3.63, 3.8) is 0 Å². The average Bonchev–Trinajstić information content (AvgIpc) is 2.91. The van der Waals surface area contributed by atoms with Crippen LogP contribution in [-0.4, -0.2) is 13.1 Å². The second-order valence-electron chi connectivity index (χ2n) is 5.35. The molecule has 1 aliphatic rings. The van der Waals surface area contributed by atoms with Crippen LogP contribution in [0.4, 0.5) is 0 Å². The summed E-state index contributed by atoms with van der Waals surface area (Å²) in [4.78, 5) is 11.5. The highest BCUT2D eigenvalue weighted by Gasteiger charge is 2.25. The van der Waals surface area contributed by atoms with Crippen molar-refractivity contribution >= 4 is 21.9 Å². The molecule has 114 valence electrons. The summed E-state index contributed by atoms with van der Waals surface area (Å²) < 4.78 is 12.0. The monoisotopic (exact) mass is 360 g/mol. The van der Waals surface area contributed by atoms with E-state index in [2.05, 4.69) is 34.1 Å². The van der Waals surface area contributed by atoms with E-state index in [9.17, 15) is 4.79 Å². The van der Waals surface area contributed by atoms with Crippen LogP contribution in [0, 0.1) is 0 Å². The highest BCUT2D eigenvalue weighted by Crippen LogP contribution is 2.37. The van der Waals surface area contributed by atoms with Crippen molar-refractivity contribution in [1.29, 1.82) is 0 Å². The van der Waals surface area contributed by atoms with Crippen LogP contribution in [0.25, 0.3) is 0 Å². The number of rotatable bonds is 4. The molecule has 1 atom stereocenters. The lowest BCUT2D eigenvalue weighted by molar-refractivity contribution is -0.139. The number of carbonyl (C=O) groups is 1. The minimum atomic E-state index is -0.259. The molecule has 0 N–H and O–H groups in total. The zero-order valence-electron chi connectivity index (χ0n) is 12.3. The van der Waals surface area contributed by atoms with Crippen LogP contribution in [0.2, 0.25) is 0 Å². The molecule has 0 bridgehead atoms. The van der Waals surface area contributed by atoms with Gasteiger partial charge in [-0.05, 0) is 42.2 Å². The number of hydrogen-bond donors (Lipinski definition) is 0. The van der Waals surface area contributed by atoms with Gasteiger partial charge in [0.25, 0.3) is 0 Å². The molecule has 0 fully saturated rings. The Morgan fingerprint density at radius 1 is 1.27 bits per heavy atom. The van der Waals surface area contributed by atoms with E-state index in [0.717, 1.165) is 28.6 Å². The third-order valence-corrected chi connectivity index (χ3v) is 4.43. The predicted molar refractivity (Wildman–Crippen MR) is 88.0 cm³/mol. The van der Waals surface area contributed by atoms with Gasteiger partial charge >= 0.3 is 5.97 Å². The minimum absolute atomic E-state index is 0.0336.